The number of hydrogen-bond acceptors (Lipinski definition) is 2. The number of carboxylic acids is 1. The van der Waals surface area contributed by atoms with Crippen molar-refractivity contribution in [3.05, 3.63) is 70.2 Å². The molecular weight excluding hydrogens is 354 g/mol. The van der Waals surface area contributed by atoms with E-state index in [4.69, 9.17) is 0 Å². The summed E-state index contributed by atoms with van der Waals surface area (Å²) in [6.07, 6.45) is 1.42. The molecule has 2 aromatic rings. The molecule has 1 heterocycles. The van der Waals surface area contributed by atoms with Gasteiger partial charge in [0.1, 0.15) is 0 Å². The first-order chi connectivity index (χ1) is 11.2. The van der Waals surface area contributed by atoms with Crippen molar-refractivity contribution in [1.82, 2.24) is 4.90 Å². The minimum absolute atomic E-state index is 0.154. The van der Waals surface area contributed by atoms with Crippen LogP contribution in [0.1, 0.15) is 30.0 Å². The normalized spacial score (nSPS) is 17.8. The third-order valence-corrected chi connectivity index (χ3v) is 5.28. The summed E-state index contributed by atoms with van der Waals surface area (Å²) >= 11 is 3.68. The Morgan fingerprint density at radius 1 is 1.04 bits per heavy atom. The van der Waals surface area contributed by atoms with Crippen LogP contribution in [0, 0.1) is 5.92 Å². The molecule has 4 heteroatoms. The van der Waals surface area contributed by atoms with Crippen molar-refractivity contribution in [1.29, 1.82) is 0 Å². The smallest absolute Gasteiger partial charge is 0.306 e. The molecule has 1 fully saturated rings. The van der Waals surface area contributed by atoms with Crippen molar-refractivity contribution in [3.63, 3.8) is 0 Å². The second-order valence-corrected chi connectivity index (χ2v) is 6.84. The molecule has 0 aliphatic carbocycles. The van der Waals surface area contributed by atoms with E-state index in [0.29, 0.717) is 12.8 Å². The standard InChI is InChI=1S/C19H20BrNO2/c20-17-9-5-4-8-16(17)18(14-6-2-1-3-7-14)21-12-10-15(11-13-21)19(22)23/h1-9,15,18H,10-13H2,(H,22,23). The molecule has 2 aromatic carbocycles. The zero-order chi connectivity index (χ0) is 16.2. The molecule has 0 radical (unpaired) electrons. The first kappa shape index (κ1) is 16.2. The van der Waals surface area contributed by atoms with Crippen molar-refractivity contribution in [2.24, 2.45) is 5.92 Å². The number of aliphatic carboxylic acids is 1. The molecule has 3 rings (SSSR count). The van der Waals surface area contributed by atoms with E-state index in [2.05, 4.69) is 63.3 Å². The van der Waals surface area contributed by atoms with Crippen molar-refractivity contribution >= 4 is 21.9 Å². The summed E-state index contributed by atoms with van der Waals surface area (Å²) in [5, 5.41) is 9.22. The molecule has 1 atom stereocenters. The molecule has 1 saturated heterocycles. The van der Waals surface area contributed by atoms with Gasteiger partial charge in [-0.1, -0.05) is 64.5 Å². The van der Waals surface area contributed by atoms with Gasteiger partial charge in [0, 0.05) is 4.47 Å². The number of hydrogen-bond donors (Lipinski definition) is 1. The summed E-state index contributed by atoms with van der Waals surface area (Å²) in [6, 6.07) is 18.9. The van der Waals surface area contributed by atoms with E-state index in [0.717, 1.165) is 17.6 Å². The topological polar surface area (TPSA) is 40.5 Å². The number of likely N-dealkylation sites (tertiary alicyclic amines) is 1. The summed E-state index contributed by atoms with van der Waals surface area (Å²) in [7, 11) is 0. The zero-order valence-corrected chi connectivity index (χ0v) is 14.4. The third-order valence-electron chi connectivity index (χ3n) is 4.56. The average molecular weight is 374 g/mol. The second kappa shape index (κ2) is 7.28. The van der Waals surface area contributed by atoms with Crippen LogP contribution in [0.2, 0.25) is 0 Å². The van der Waals surface area contributed by atoms with Gasteiger partial charge in [0.15, 0.2) is 0 Å². The van der Waals surface area contributed by atoms with Crippen LogP contribution in [-0.2, 0) is 4.79 Å². The third kappa shape index (κ3) is 3.65. The maximum Gasteiger partial charge on any atom is 0.306 e. The van der Waals surface area contributed by atoms with Crippen LogP contribution in [0.4, 0.5) is 0 Å². The number of nitrogens with zero attached hydrogens (tertiary/aromatic N) is 1. The molecule has 23 heavy (non-hydrogen) atoms. The number of halogens is 1. The predicted molar refractivity (Wildman–Crippen MR) is 94.4 cm³/mol. The van der Waals surface area contributed by atoms with E-state index in [9.17, 15) is 9.90 Å². The molecule has 1 N–H and O–H groups in total. The lowest BCUT2D eigenvalue weighted by atomic mass is 9.91. The highest BCUT2D eigenvalue weighted by atomic mass is 79.9. The largest absolute Gasteiger partial charge is 0.481 e. The van der Waals surface area contributed by atoms with Gasteiger partial charge in [0.05, 0.1) is 12.0 Å². The van der Waals surface area contributed by atoms with Gasteiger partial charge in [0.2, 0.25) is 0 Å². The Labute approximate surface area is 145 Å². The van der Waals surface area contributed by atoms with Crippen molar-refractivity contribution in [2.75, 3.05) is 13.1 Å². The van der Waals surface area contributed by atoms with Gasteiger partial charge in [-0.25, -0.2) is 0 Å². The van der Waals surface area contributed by atoms with E-state index < -0.39 is 5.97 Å². The van der Waals surface area contributed by atoms with Crippen LogP contribution in [0.15, 0.2) is 59.1 Å². The summed E-state index contributed by atoms with van der Waals surface area (Å²) in [6.45, 7) is 1.61. The highest BCUT2D eigenvalue weighted by Gasteiger charge is 2.30. The number of carbonyl (C=O) groups is 1. The van der Waals surface area contributed by atoms with Crippen molar-refractivity contribution < 1.29 is 9.90 Å². The summed E-state index contributed by atoms with van der Waals surface area (Å²) < 4.78 is 1.09. The van der Waals surface area contributed by atoms with Crippen LogP contribution >= 0.6 is 15.9 Å². The fourth-order valence-corrected chi connectivity index (χ4v) is 3.83. The monoisotopic (exact) mass is 373 g/mol. The summed E-state index contributed by atoms with van der Waals surface area (Å²) in [5.74, 6) is -0.872. The van der Waals surface area contributed by atoms with Crippen LogP contribution < -0.4 is 0 Å². The van der Waals surface area contributed by atoms with Crippen LogP contribution in [0.3, 0.4) is 0 Å². The maximum absolute atomic E-state index is 11.2. The Morgan fingerprint density at radius 3 is 2.26 bits per heavy atom. The van der Waals surface area contributed by atoms with Gasteiger partial charge < -0.3 is 5.11 Å². The fourth-order valence-electron chi connectivity index (χ4n) is 3.32. The Bertz CT molecular complexity index is 666. The summed E-state index contributed by atoms with van der Waals surface area (Å²) in [5.41, 5.74) is 2.47. The first-order valence-corrected chi connectivity index (χ1v) is 8.72. The molecule has 0 saturated carbocycles. The molecular formula is C19H20BrNO2. The SMILES string of the molecule is O=C(O)C1CCN(C(c2ccccc2)c2ccccc2Br)CC1. The quantitative estimate of drug-likeness (QED) is 0.866. The van der Waals surface area contributed by atoms with E-state index in [1.165, 1.54) is 11.1 Å². The van der Waals surface area contributed by atoms with E-state index in [1.54, 1.807) is 0 Å². The van der Waals surface area contributed by atoms with Gasteiger partial charge in [-0.2, -0.15) is 0 Å². The lowest BCUT2D eigenvalue weighted by Gasteiger charge is -2.37. The molecule has 3 nitrogen and oxygen atoms in total. The minimum Gasteiger partial charge on any atom is -0.481 e. The first-order valence-electron chi connectivity index (χ1n) is 7.93. The molecule has 0 spiro atoms. The van der Waals surface area contributed by atoms with Crippen molar-refractivity contribution in [2.45, 2.75) is 18.9 Å². The lowest BCUT2D eigenvalue weighted by molar-refractivity contribution is -0.143. The minimum atomic E-state index is -0.665. The maximum atomic E-state index is 11.2. The Kier molecular flexibility index (Phi) is 5.13. The molecule has 0 amide bonds. The molecule has 120 valence electrons. The van der Waals surface area contributed by atoms with E-state index >= 15 is 0 Å². The van der Waals surface area contributed by atoms with Crippen LogP contribution in [0.25, 0.3) is 0 Å². The van der Waals surface area contributed by atoms with Gasteiger partial charge in [-0.15, -0.1) is 0 Å². The van der Waals surface area contributed by atoms with E-state index in [1.807, 2.05) is 12.1 Å². The Balaban J connectivity index is 1.91. The fraction of sp³-hybridized carbons (Fsp3) is 0.316. The second-order valence-electron chi connectivity index (χ2n) is 5.98. The Morgan fingerprint density at radius 2 is 1.65 bits per heavy atom. The van der Waals surface area contributed by atoms with Crippen LogP contribution in [-0.4, -0.2) is 29.1 Å². The number of piperidine rings is 1. The van der Waals surface area contributed by atoms with Gasteiger partial charge in [0.25, 0.3) is 0 Å². The number of carboxylic acid groups (broad SMARTS) is 1. The number of rotatable bonds is 4. The van der Waals surface area contributed by atoms with Crippen molar-refractivity contribution in [3.8, 4) is 0 Å². The molecule has 1 unspecified atom stereocenters. The number of benzene rings is 2. The average Bonchev–Trinajstić information content (AvgIpc) is 2.58. The highest BCUT2D eigenvalue weighted by Crippen LogP contribution is 2.35. The molecule has 1 aliphatic rings. The predicted octanol–water partition coefficient (Wildman–Crippen LogP) is 4.34. The Hall–Kier alpha value is -1.65. The zero-order valence-electron chi connectivity index (χ0n) is 12.9. The van der Waals surface area contributed by atoms with E-state index in [-0.39, 0.29) is 12.0 Å². The van der Waals surface area contributed by atoms with Crippen LogP contribution in [0.5, 0.6) is 0 Å². The summed E-state index contributed by atoms with van der Waals surface area (Å²) in [4.78, 5) is 13.6. The molecule has 0 bridgehead atoms. The lowest BCUT2D eigenvalue weighted by Crippen LogP contribution is -2.39. The van der Waals surface area contributed by atoms with Gasteiger partial charge >= 0.3 is 5.97 Å². The highest BCUT2D eigenvalue weighted by molar-refractivity contribution is 9.10. The van der Waals surface area contributed by atoms with Gasteiger partial charge in [-0.05, 0) is 43.1 Å². The molecule has 1 aliphatic heterocycles. The molecule has 0 aromatic heterocycles. The van der Waals surface area contributed by atoms with Gasteiger partial charge in [-0.3, -0.25) is 9.69 Å².